The van der Waals surface area contributed by atoms with Crippen molar-refractivity contribution >= 4 is 34.5 Å². The van der Waals surface area contributed by atoms with Crippen LogP contribution in [0, 0.1) is 12.3 Å². The highest BCUT2D eigenvalue weighted by molar-refractivity contribution is 7.10. The van der Waals surface area contributed by atoms with Crippen LogP contribution < -0.4 is 10.2 Å². The minimum absolute atomic E-state index is 0.221. The fraction of sp³-hybridized carbons (Fsp3) is 0.545. The standard InChI is InChI=1S/C11H12N4O3S/c1-6-12-10(19-14-6)15-8(17)11(4-2-3-5-11)7(16)13-9(15)18/h2-5H2,1H3,(H,13,16,18). The number of hydrogen-bond acceptors (Lipinski definition) is 6. The zero-order valence-corrected chi connectivity index (χ0v) is 11.1. The molecule has 1 saturated carbocycles. The van der Waals surface area contributed by atoms with E-state index < -0.39 is 23.3 Å². The van der Waals surface area contributed by atoms with Gasteiger partial charge in [0.1, 0.15) is 11.2 Å². The number of anilines is 1. The Kier molecular flexibility index (Phi) is 2.63. The highest BCUT2D eigenvalue weighted by Crippen LogP contribution is 2.42. The predicted molar refractivity (Wildman–Crippen MR) is 66.6 cm³/mol. The molecule has 1 spiro atoms. The number of rotatable bonds is 1. The molecule has 1 aliphatic carbocycles. The molecule has 0 atom stereocenters. The molecule has 3 rings (SSSR count). The van der Waals surface area contributed by atoms with Gasteiger partial charge >= 0.3 is 6.03 Å². The third-order valence-corrected chi connectivity index (χ3v) is 4.43. The molecule has 1 aromatic rings. The van der Waals surface area contributed by atoms with Gasteiger partial charge in [-0.1, -0.05) is 12.8 Å². The molecule has 0 radical (unpaired) electrons. The average molecular weight is 280 g/mol. The Hall–Kier alpha value is -1.83. The third kappa shape index (κ3) is 1.66. The third-order valence-electron chi connectivity index (χ3n) is 3.64. The maximum Gasteiger partial charge on any atom is 0.337 e. The lowest BCUT2D eigenvalue weighted by atomic mass is 9.82. The quantitative estimate of drug-likeness (QED) is 0.774. The van der Waals surface area contributed by atoms with Gasteiger partial charge in [0.15, 0.2) is 0 Å². The van der Waals surface area contributed by atoms with Crippen molar-refractivity contribution < 1.29 is 14.4 Å². The normalized spacial score (nSPS) is 22.2. The van der Waals surface area contributed by atoms with Crippen LogP contribution in [0.4, 0.5) is 9.93 Å². The summed E-state index contributed by atoms with van der Waals surface area (Å²) in [6.45, 7) is 1.68. The van der Waals surface area contributed by atoms with Gasteiger partial charge in [0.2, 0.25) is 11.0 Å². The van der Waals surface area contributed by atoms with E-state index in [4.69, 9.17) is 0 Å². The number of nitrogens with one attached hydrogen (secondary N) is 1. The Morgan fingerprint density at radius 1 is 1.26 bits per heavy atom. The molecule has 100 valence electrons. The van der Waals surface area contributed by atoms with Crippen LogP contribution in [0.15, 0.2) is 0 Å². The van der Waals surface area contributed by atoms with Gasteiger partial charge in [-0.05, 0) is 19.8 Å². The Bertz CT molecular complexity index is 576. The van der Waals surface area contributed by atoms with Crippen molar-refractivity contribution in [1.29, 1.82) is 0 Å². The van der Waals surface area contributed by atoms with Crippen molar-refractivity contribution in [2.75, 3.05) is 4.90 Å². The summed E-state index contributed by atoms with van der Waals surface area (Å²) < 4.78 is 3.97. The minimum Gasteiger partial charge on any atom is -0.276 e. The van der Waals surface area contributed by atoms with E-state index in [9.17, 15) is 14.4 Å². The molecule has 1 aliphatic heterocycles. The summed E-state index contributed by atoms with van der Waals surface area (Å²) >= 11 is 0.979. The molecule has 1 saturated heterocycles. The summed E-state index contributed by atoms with van der Waals surface area (Å²) in [7, 11) is 0. The Morgan fingerprint density at radius 2 is 1.95 bits per heavy atom. The van der Waals surface area contributed by atoms with E-state index in [0.29, 0.717) is 18.7 Å². The van der Waals surface area contributed by atoms with Gasteiger partial charge in [0.05, 0.1) is 0 Å². The first-order valence-electron chi connectivity index (χ1n) is 6.05. The summed E-state index contributed by atoms with van der Waals surface area (Å²) in [5.41, 5.74) is -1.09. The second-order valence-electron chi connectivity index (χ2n) is 4.81. The zero-order valence-electron chi connectivity index (χ0n) is 10.3. The lowest BCUT2D eigenvalue weighted by Crippen LogP contribution is -2.63. The molecule has 1 aromatic heterocycles. The summed E-state index contributed by atoms with van der Waals surface area (Å²) in [5.74, 6) is -0.439. The molecular weight excluding hydrogens is 268 g/mol. The molecular formula is C11H12N4O3S. The number of aryl methyl sites for hydroxylation is 1. The molecule has 4 amide bonds. The summed E-state index contributed by atoms with van der Waals surface area (Å²) in [4.78, 5) is 41.5. The summed E-state index contributed by atoms with van der Waals surface area (Å²) in [6.07, 6.45) is 2.60. The lowest BCUT2D eigenvalue weighted by Gasteiger charge is -2.35. The highest BCUT2D eigenvalue weighted by atomic mass is 32.1. The fourth-order valence-electron chi connectivity index (χ4n) is 2.65. The molecule has 1 N–H and O–H groups in total. The number of nitrogens with zero attached hydrogens (tertiary/aromatic N) is 3. The van der Waals surface area contributed by atoms with E-state index in [1.54, 1.807) is 6.92 Å². The van der Waals surface area contributed by atoms with E-state index in [1.165, 1.54) is 0 Å². The SMILES string of the molecule is Cc1nsc(N2C(=O)NC(=O)C3(CCCC3)C2=O)n1. The molecule has 2 heterocycles. The van der Waals surface area contributed by atoms with Crippen LogP contribution in [0.2, 0.25) is 0 Å². The molecule has 19 heavy (non-hydrogen) atoms. The van der Waals surface area contributed by atoms with Crippen molar-refractivity contribution in [2.45, 2.75) is 32.6 Å². The van der Waals surface area contributed by atoms with Crippen molar-refractivity contribution in [1.82, 2.24) is 14.7 Å². The van der Waals surface area contributed by atoms with Crippen molar-refractivity contribution in [2.24, 2.45) is 5.41 Å². The fourth-order valence-corrected chi connectivity index (χ4v) is 3.32. The molecule has 2 aliphatic rings. The Morgan fingerprint density at radius 3 is 2.53 bits per heavy atom. The monoisotopic (exact) mass is 280 g/mol. The van der Waals surface area contributed by atoms with Crippen molar-refractivity contribution in [3.63, 3.8) is 0 Å². The van der Waals surface area contributed by atoms with Gasteiger partial charge in [-0.25, -0.2) is 14.7 Å². The van der Waals surface area contributed by atoms with Crippen molar-refractivity contribution in [3.05, 3.63) is 5.82 Å². The Balaban J connectivity index is 2.02. The summed E-state index contributed by atoms with van der Waals surface area (Å²) in [5, 5.41) is 2.49. The molecule has 8 heteroatoms. The molecule has 0 unspecified atom stereocenters. The van der Waals surface area contributed by atoms with Crippen LogP contribution in [0.1, 0.15) is 31.5 Å². The predicted octanol–water partition coefficient (Wildman–Crippen LogP) is 0.990. The minimum atomic E-state index is -1.09. The second-order valence-corrected chi connectivity index (χ2v) is 5.54. The van der Waals surface area contributed by atoms with Gasteiger partial charge in [-0.3, -0.25) is 14.9 Å². The van der Waals surface area contributed by atoms with Gasteiger partial charge in [0, 0.05) is 11.5 Å². The smallest absolute Gasteiger partial charge is 0.276 e. The molecule has 0 aromatic carbocycles. The van der Waals surface area contributed by atoms with E-state index >= 15 is 0 Å². The number of barbiturate groups is 1. The van der Waals surface area contributed by atoms with Gasteiger partial charge < -0.3 is 0 Å². The highest BCUT2D eigenvalue weighted by Gasteiger charge is 2.56. The first-order chi connectivity index (χ1) is 9.04. The molecule has 2 fully saturated rings. The van der Waals surface area contributed by atoms with Crippen LogP contribution in [0.25, 0.3) is 0 Å². The van der Waals surface area contributed by atoms with Crippen LogP contribution in [-0.4, -0.2) is 27.2 Å². The topological polar surface area (TPSA) is 92.3 Å². The number of urea groups is 1. The van der Waals surface area contributed by atoms with E-state index in [1.807, 2.05) is 0 Å². The maximum absolute atomic E-state index is 12.6. The number of amides is 4. The van der Waals surface area contributed by atoms with Crippen LogP contribution >= 0.6 is 11.5 Å². The molecule has 0 bridgehead atoms. The summed E-state index contributed by atoms with van der Waals surface area (Å²) in [6, 6.07) is -0.733. The van der Waals surface area contributed by atoms with Crippen molar-refractivity contribution in [3.8, 4) is 0 Å². The second kappa shape index (κ2) is 4.09. The van der Waals surface area contributed by atoms with Gasteiger partial charge in [-0.15, -0.1) is 0 Å². The van der Waals surface area contributed by atoms with E-state index in [-0.39, 0.29) is 5.13 Å². The average Bonchev–Trinajstić information content (AvgIpc) is 2.97. The van der Waals surface area contributed by atoms with Gasteiger partial charge in [-0.2, -0.15) is 4.37 Å². The zero-order chi connectivity index (χ0) is 13.6. The van der Waals surface area contributed by atoms with Crippen LogP contribution in [0.3, 0.4) is 0 Å². The molecule has 7 nitrogen and oxygen atoms in total. The van der Waals surface area contributed by atoms with Gasteiger partial charge in [0.25, 0.3) is 5.91 Å². The number of carbonyl (C=O) groups is 3. The van der Waals surface area contributed by atoms with Crippen LogP contribution in [-0.2, 0) is 9.59 Å². The Labute approximate surface area is 113 Å². The van der Waals surface area contributed by atoms with E-state index in [2.05, 4.69) is 14.7 Å². The number of imide groups is 2. The number of aromatic nitrogens is 2. The number of hydrogen-bond donors (Lipinski definition) is 1. The maximum atomic E-state index is 12.6. The number of carbonyl (C=O) groups excluding carboxylic acids is 3. The first-order valence-corrected chi connectivity index (χ1v) is 6.82. The lowest BCUT2D eigenvalue weighted by molar-refractivity contribution is -0.142. The largest absolute Gasteiger partial charge is 0.337 e. The van der Waals surface area contributed by atoms with E-state index in [0.717, 1.165) is 29.3 Å². The van der Waals surface area contributed by atoms with Crippen LogP contribution in [0.5, 0.6) is 0 Å². The first kappa shape index (κ1) is 12.2.